The molecular weight excluding hydrogens is 460 g/mol. The Kier molecular flexibility index (Phi) is 6.06. The molecule has 5 aromatic rings. The van der Waals surface area contributed by atoms with E-state index >= 15 is 0 Å². The summed E-state index contributed by atoms with van der Waals surface area (Å²) in [5.74, 6) is 0.715. The summed E-state index contributed by atoms with van der Waals surface area (Å²) in [5, 5.41) is 16.7. The van der Waals surface area contributed by atoms with Gasteiger partial charge in [0.1, 0.15) is 0 Å². The number of pyridine rings is 1. The van der Waals surface area contributed by atoms with Crippen LogP contribution in [-0.2, 0) is 4.79 Å². The predicted molar refractivity (Wildman–Crippen MR) is 129 cm³/mol. The van der Waals surface area contributed by atoms with E-state index in [9.17, 15) is 4.79 Å². The highest BCUT2D eigenvalue weighted by Crippen LogP contribution is 2.30. The van der Waals surface area contributed by atoms with Crippen molar-refractivity contribution in [1.82, 2.24) is 24.7 Å². The first-order chi connectivity index (χ1) is 15.8. The van der Waals surface area contributed by atoms with Crippen LogP contribution in [-0.4, -0.2) is 36.4 Å². The molecule has 0 aliphatic rings. The van der Waals surface area contributed by atoms with Crippen LogP contribution >= 0.6 is 34.4 Å². The van der Waals surface area contributed by atoms with Gasteiger partial charge in [-0.1, -0.05) is 36.0 Å². The van der Waals surface area contributed by atoms with Gasteiger partial charge in [-0.15, -0.1) is 32.9 Å². The molecule has 7 nitrogen and oxygen atoms in total. The molecule has 0 aliphatic carbocycles. The summed E-state index contributed by atoms with van der Waals surface area (Å²) in [6.45, 7) is 0. The highest BCUT2D eigenvalue weighted by atomic mass is 32.2. The van der Waals surface area contributed by atoms with Crippen molar-refractivity contribution in [2.24, 2.45) is 0 Å². The van der Waals surface area contributed by atoms with Gasteiger partial charge in [-0.05, 0) is 35.7 Å². The molecule has 0 unspecified atom stereocenters. The molecule has 0 bridgehead atoms. The normalized spacial score (nSPS) is 10.9. The maximum absolute atomic E-state index is 12.6. The number of anilines is 1. The van der Waals surface area contributed by atoms with E-state index in [1.165, 1.54) is 23.1 Å². The van der Waals surface area contributed by atoms with E-state index in [1.54, 1.807) is 23.7 Å². The van der Waals surface area contributed by atoms with Gasteiger partial charge in [0.2, 0.25) is 5.91 Å². The molecule has 0 fully saturated rings. The van der Waals surface area contributed by atoms with Gasteiger partial charge in [0, 0.05) is 29.0 Å². The standard InChI is InChI=1S/C22H16N6OS3/c29-19(25-21-24-17(13-31-21)18-9-5-11-30-18)14-32-22-27-26-20(15-6-4-10-23-12-15)28(22)16-7-2-1-3-8-16/h1-13H,14H2,(H,24,25,29). The van der Waals surface area contributed by atoms with Gasteiger partial charge in [0.15, 0.2) is 16.1 Å². The van der Waals surface area contributed by atoms with Gasteiger partial charge in [0.05, 0.1) is 16.3 Å². The number of para-hydroxylation sites is 1. The largest absolute Gasteiger partial charge is 0.301 e. The minimum Gasteiger partial charge on any atom is -0.301 e. The van der Waals surface area contributed by atoms with E-state index < -0.39 is 0 Å². The zero-order valence-corrected chi connectivity index (χ0v) is 19.0. The lowest BCUT2D eigenvalue weighted by atomic mass is 10.2. The minimum atomic E-state index is -0.146. The Balaban J connectivity index is 1.33. The average Bonchev–Trinajstić information content (AvgIpc) is 3.59. The zero-order chi connectivity index (χ0) is 21.8. The van der Waals surface area contributed by atoms with Crippen LogP contribution in [0.4, 0.5) is 5.13 Å². The minimum absolute atomic E-state index is 0.146. The summed E-state index contributed by atoms with van der Waals surface area (Å²) in [7, 11) is 0. The molecule has 10 heteroatoms. The van der Waals surface area contributed by atoms with Crippen molar-refractivity contribution < 1.29 is 4.79 Å². The third kappa shape index (κ3) is 4.47. The number of thioether (sulfide) groups is 1. The van der Waals surface area contributed by atoms with Crippen LogP contribution in [0, 0.1) is 0 Å². The molecule has 5 rings (SSSR count). The molecule has 0 saturated carbocycles. The van der Waals surface area contributed by atoms with Gasteiger partial charge < -0.3 is 5.32 Å². The van der Waals surface area contributed by atoms with Crippen LogP contribution in [0.15, 0.2) is 82.9 Å². The molecule has 1 aromatic carbocycles. The van der Waals surface area contributed by atoms with Crippen molar-refractivity contribution >= 4 is 45.5 Å². The van der Waals surface area contributed by atoms with Crippen LogP contribution in [0.1, 0.15) is 0 Å². The molecule has 32 heavy (non-hydrogen) atoms. The van der Waals surface area contributed by atoms with Gasteiger partial charge in [0.25, 0.3) is 0 Å². The van der Waals surface area contributed by atoms with Gasteiger partial charge in [-0.25, -0.2) is 4.98 Å². The third-order valence-corrected chi connectivity index (χ3v) is 7.00. The predicted octanol–water partition coefficient (Wildman–Crippen LogP) is 5.25. The lowest BCUT2D eigenvalue weighted by molar-refractivity contribution is -0.113. The number of hydrogen-bond acceptors (Lipinski definition) is 8. The number of hydrogen-bond donors (Lipinski definition) is 1. The zero-order valence-electron chi connectivity index (χ0n) is 16.6. The number of carbonyl (C=O) groups excluding carboxylic acids is 1. The molecule has 0 spiro atoms. The smallest absolute Gasteiger partial charge is 0.236 e. The van der Waals surface area contributed by atoms with E-state index in [4.69, 9.17) is 0 Å². The molecule has 1 amide bonds. The highest BCUT2D eigenvalue weighted by molar-refractivity contribution is 7.99. The molecule has 0 radical (unpaired) electrons. The van der Waals surface area contributed by atoms with Crippen molar-refractivity contribution in [2.45, 2.75) is 5.16 Å². The Labute approximate surface area is 196 Å². The molecule has 158 valence electrons. The van der Waals surface area contributed by atoms with Crippen molar-refractivity contribution in [1.29, 1.82) is 0 Å². The number of thiazole rings is 1. The molecule has 0 atom stereocenters. The van der Waals surface area contributed by atoms with Gasteiger partial charge in [-0.3, -0.25) is 14.3 Å². The number of rotatable bonds is 7. The van der Waals surface area contributed by atoms with E-state index in [0.717, 1.165) is 21.8 Å². The van der Waals surface area contributed by atoms with Crippen LogP contribution in [0.25, 0.3) is 27.6 Å². The average molecular weight is 477 g/mol. The summed E-state index contributed by atoms with van der Waals surface area (Å²) in [6, 6.07) is 17.6. The Hall–Kier alpha value is -3.34. The van der Waals surface area contributed by atoms with E-state index in [-0.39, 0.29) is 11.7 Å². The van der Waals surface area contributed by atoms with Crippen molar-refractivity contribution in [3.8, 4) is 27.6 Å². The first kappa shape index (κ1) is 20.6. The number of aromatic nitrogens is 5. The SMILES string of the molecule is O=C(CSc1nnc(-c2cccnc2)n1-c1ccccc1)Nc1nc(-c2cccs2)cs1. The summed E-state index contributed by atoms with van der Waals surface area (Å²) in [5.41, 5.74) is 2.64. The molecular formula is C22H16N6OS3. The fourth-order valence-corrected chi connectivity index (χ4v) is 5.25. The maximum Gasteiger partial charge on any atom is 0.236 e. The maximum atomic E-state index is 12.6. The third-order valence-electron chi connectivity index (χ3n) is 4.42. The number of benzene rings is 1. The number of thiophene rings is 1. The quantitative estimate of drug-likeness (QED) is 0.323. The van der Waals surface area contributed by atoms with Crippen LogP contribution in [0.2, 0.25) is 0 Å². The lowest BCUT2D eigenvalue weighted by Gasteiger charge is -2.10. The topological polar surface area (TPSA) is 85.6 Å². The first-order valence-electron chi connectivity index (χ1n) is 9.61. The van der Waals surface area contributed by atoms with Crippen molar-refractivity contribution in [3.05, 3.63) is 77.8 Å². The fraction of sp³-hybridized carbons (Fsp3) is 0.0455. The van der Waals surface area contributed by atoms with Crippen LogP contribution in [0.5, 0.6) is 0 Å². The molecule has 1 N–H and O–H groups in total. The Morgan fingerprint density at radius 3 is 2.72 bits per heavy atom. The fourth-order valence-electron chi connectivity index (χ4n) is 3.01. The second-order valence-corrected chi connectivity index (χ2v) is 9.32. The molecule has 4 heterocycles. The summed E-state index contributed by atoms with van der Waals surface area (Å²) >= 11 is 4.36. The number of nitrogens with zero attached hydrogens (tertiary/aromatic N) is 5. The highest BCUT2D eigenvalue weighted by Gasteiger charge is 2.18. The summed E-state index contributed by atoms with van der Waals surface area (Å²) in [4.78, 5) is 22.3. The molecule has 0 saturated heterocycles. The molecule has 0 aliphatic heterocycles. The monoisotopic (exact) mass is 476 g/mol. The molecule has 4 aromatic heterocycles. The number of carbonyl (C=O) groups is 1. The van der Waals surface area contributed by atoms with Gasteiger partial charge >= 0.3 is 0 Å². The van der Waals surface area contributed by atoms with Crippen molar-refractivity contribution in [2.75, 3.05) is 11.1 Å². The van der Waals surface area contributed by atoms with E-state index in [2.05, 4.69) is 25.5 Å². The second-order valence-electron chi connectivity index (χ2n) is 6.57. The van der Waals surface area contributed by atoms with Crippen LogP contribution in [0.3, 0.4) is 0 Å². The van der Waals surface area contributed by atoms with E-state index in [0.29, 0.717) is 16.1 Å². The van der Waals surface area contributed by atoms with Gasteiger partial charge in [-0.2, -0.15) is 0 Å². The van der Waals surface area contributed by atoms with Crippen molar-refractivity contribution in [3.63, 3.8) is 0 Å². The lowest BCUT2D eigenvalue weighted by Crippen LogP contribution is -2.14. The summed E-state index contributed by atoms with van der Waals surface area (Å²) < 4.78 is 1.94. The second kappa shape index (κ2) is 9.43. The number of amides is 1. The first-order valence-corrected chi connectivity index (χ1v) is 12.4. The Morgan fingerprint density at radius 1 is 1.03 bits per heavy atom. The van der Waals surface area contributed by atoms with Crippen LogP contribution < -0.4 is 5.32 Å². The Morgan fingerprint density at radius 2 is 1.94 bits per heavy atom. The summed E-state index contributed by atoms with van der Waals surface area (Å²) in [6.07, 6.45) is 3.47. The Bertz CT molecular complexity index is 1320. The number of nitrogens with one attached hydrogen (secondary N) is 1. The van der Waals surface area contributed by atoms with E-state index in [1.807, 2.05) is 69.9 Å².